The van der Waals surface area contributed by atoms with Crippen LogP contribution in [0.4, 0.5) is 0 Å². The quantitative estimate of drug-likeness (QED) is 0.644. The predicted octanol–water partition coefficient (Wildman–Crippen LogP) is 4.77. The Bertz CT molecular complexity index is 774. The number of hydrogen-bond donors (Lipinski definition) is 1. The van der Waals surface area contributed by atoms with Crippen molar-refractivity contribution in [2.24, 2.45) is 0 Å². The summed E-state index contributed by atoms with van der Waals surface area (Å²) in [5, 5.41) is 13.0. The molecule has 1 amide bonds. The maximum atomic E-state index is 12.7. The third-order valence-corrected chi connectivity index (χ3v) is 6.55. The van der Waals surface area contributed by atoms with Gasteiger partial charge < -0.3 is 10.0 Å². The number of carbonyl (C=O) groups excluding carboxylic acids is 1. The van der Waals surface area contributed by atoms with Crippen LogP contribution >= 0.6 is 33.9 Å². The van der Waals surface area contributed by atoms with Crippen molar-refractivity contribution in [1.29, 1.82) is 0 Å². The van der Waals surface area contributed by atoms with Gasteiger partial charge in [0.15, 0.2) is 0 Å². The highest BCUT2D eigenvalue weighted by Crippen LogP contribution is 2.34. The molecule has 6 heteroatoms. The minimum Gasteiger partial charge on any atom is -0.508 e. The lowest BCUT2D eigenvalue weighted by atomic mass is 9.93. The lowest BCUT2D eigenvalue weighted by Crippen LogP contribution is -2.38. The molecule has 0 aliphatic carbocycles. The number of phenols is 1. The van der Waals surface area contributed by atoms with Crippen molar-refractivity contribution < 1.29 is 9.90 Å². The molecule has 2 heterocycles. The van der Waals surface area contributed by atoms with Gasteiger partial charge >= 0.3 is 0 Å². The van der Waals surface area contributed by atoms with Crippen LogP contribution < -0.4 is 0 Å². The number of hydrogen-bond acceptors (Lipinski definition) is 4. The molecule has 0 spiro atoms. The molecule has 4 nitrogen and oxygen atoms in total. The smallest absolute Gasteiger partial charge is 0.255 e. The fourth-order valence-corrected chi connectivity index (χ4v) is 4.78. The van der Waals surface area contributed by atoms with E-state index in [1.807, 2.05) is 4.90 Å². The third kappa shape index (κ3) is 4.16. The van der Waals surface area contributed by atoms with Gasteiger partial charge in [-0.3, -0.25) is 4.79 Å². The summed E-state index contributed by atoms with van der Waals surface area (Å²) in [5.41, 5.74) is 1.82. The van der Waals surface area contributed by atoms with E-state index in [9.17, 15) is 9.90 Å². The molecule has 2 aromatic rings. The van der Waals surface area contributed by atoms with Crippen molar-refractivity contribution in [3.05, 3.63) is 43.4 Å². The van der Waals surface area contributed by atoms with Crippen LogP contribution in [0.15, 0.2) is 23.6 Å². The standard InChI is InChI=1S/C19H23IN2O2S/c1-19(2,3)16-11-25-17(21-16)12-6-8-22(9-7-12)18(24)14-10-13(23)4-5-15(14)20/h4-5,10-12,23H,6-9H2,1-3H3. The number of nitrogens with zero attached hydrogens (tertiary/aromatic N) is 2. The summed E-state index contributed by atoms with van der Waals surface area (Å²) in [7, 11) is 0. The first-order valence-corrected chi connectivity index (χ1v) is 10.5. The molecule has 0 radical (unpaired) electrons. The van der Waals surface area contributed by atoms with Crippen LogP contribution in [0, 0.1) is 3.57 Å². The van der Waals surface area contributed by atoms with Gasteiger partial charge in [0, 0.05) is 33.4 Å². The van der Waals surface area contributed by atoms with Gasteiger partial charge in [0.05, 0.1) is 16.3 Å². The highest BCUT2D eigenvalue weighted by molar-refractivity contribution is 14.1. The largest absolute Gasteiger partial charge is 0.508 e. The number of aromatic nitrogens is 1. The van der Waals surface area contributed by atoms with Gasteiger partial charge in [-0.2, -0.15) is 0 Å². The van der Waals surface area contributed by atoms with Gasteiger partial charge in [-0.15, -0.1) is 11.3 Å². The minimum atomic E-state index is 0.00766. The van der Waals surface area contributed by atoms with Crippen LogP contribution in [0.25, 0.3) is 0 Å². The zero-order valence-electron chi connectivity index (χ0n) is 14.8. The number of aromatic hydroxyl groups is 1. The monoisotopic (exact) mass is 470 g/mol. The Kier molecular flexibility index (Phi) is 5.39. The number of benzene rings is 1. The maximum Gasteiger partial charge on any atom is 0.255 e. The van der Waals surface area contributed by atoms with Gasteiger partial charge in [-0.05, 0) is 53.6 Å². The zero-order chi connectivity index (χ0) is 18.2. The van der Waals surface area contributed by atoms with E-state index in [1.54, 1.807) is 29.5 Å². The molecule has 1 aromatic carbocycles. The van der Waals surface area contributed by atoms with E-state index in [4.69, 9.17) is 4.98 Å². The Morgan fingerprint density at radius 2 is 2.00 bits per heavy atom. The van der Waals surface area contributed by atoms with Gasteiger partial charge in [0.25, 0.3) is 5.91 Å². The van der Waals surface area contributed by atoms with Gasteiger partial charge in [0.2, 0.25) is 0 Å². The Morgan fingerprint density at radius 1 is 1.32 bits per heavy atom. The Balaban J connectivity index is 1.66. The molecule has 134 valence electrons. The fourth-order valence-electron chi connectivity index (χ4n) is 3.00. The molecule has 1 N–H and O–H groups in total. The van der Waals surface area contributed by atoms with Crippen molar-refractivity contribution in [2.75, 3.05) is 13.1 Å². The van der Waals surface area contributed by atoms with Crippen LogP contribution in [-0.2, 0) is 5.41 Å². The van der Waals surface area contributed by atoms with Crippen LogP contribution in [0.2, 0.25) is 0 Å². The molecule has 1 fully saturated rings. The van der Waals surface area contributed by atoms with Crippen LogP contribution in [0.1, 0.15) is 60.6 Å². The van der Waals surface area contributed by atoms with Gasteiger partial charge in [-0.25, -0.2) is 4.98 Å². The molecule has 0 unspecified atom stereocenters. The van der Waals surface area contributed by atoms with Crippen LogP contribution in [0.3, 0.4) is 0 Å². The lowest BCUT2D eigenvalue weighted by molar-refractivity contribution is 0.0711. The number of thiazole rings is 1. The number of piperidine rings is 1. The first-order chi connectivity index (χ1) is 11.8. The summed E-state index contributed by atoms with van der Waals surface area (Å²) in [6.45, 7) is 8.03. The van der Waals surface area contributed by atoms with E-state index in [-0.39, 0.29) is 17.1 Å². The highest BCUT2D eigenvalue weighted by Gasteiger charge is 2.28. The second-order valence-corrected chi connectivity index (χ2v) is 9.60. The molecule has 1 aliphatic heterocycles. The third-order valence-electron chi connectivity index (χ3n) is 4.60. The molecule has 0 atom stereocenters. The van der Waals surface area contributed by atoms with E-state index < -0.39 is 0 Å². The topological polar surface area (TPSA) is 53.4 Å². The summed E-state index contributed by atoms with van der Waals surface area (Å²) < 4.78 is 0.872. The van der Waals surface area contributed by atoms with Crippen molar-refractivity contribution in [3.8, 4) is 5.75 Å². The molecular weight excluding hydrogens is 447 g/mol. The zero-order valence-corrected chi connectivity index (χ0v) is 17.7. The molecule has 0 saturated carbocycles. The van der Waals surface area contributed by atoms with Crippen molar-refractivity contribution >= 4 is 39.8 Å². The molecule has 3 rings (SSSR count). The average Bonchev–Trinajstić information content (AvgIpc) is 3.07. The average molecular weight is 470 g/mol. The molecule has 1 saturated heterocycles. The predicted molar refractivity (Wildman–Crippen MR) is 110 cm³/mol. The lowest BCUT2D eigenvalue weighted by Gasteiger charge is -2.31. The number of likely N-dealkylation sites (tertiary alicyclic amines) is 1. The van der Waals surface area contributed by atoms with Crippen molar-refractivity contribution in [2.45, 2.75) is 44.9 Å². The van der Waals surface area contributed by atoms with E-state index in [0.29, 0.717) is 11.5 Å². The first-order valence-electron chi connectivity index (χ1n) is 8.49. The van der Waals surface area contributed by atoms with Crippen molar-refractivity contribution in [3.63, 3.8) is 0 Å². The van der Waals surface area contributed by atoms with Gasteiger partial charge in [0.1, 0.15) is 5.75 Å². The molecule has 1 aliphatic rings. The summed E-state index contributed by atoms with van der Waals surface area (Å²) in [6, 6.07) is 4.95. The minimum absolute atomic E-state index is 0.00766. The molecule has 0 bridgehead atoms. The fraction of sp³-hybridized carbons (Fsp3) is 0.474. The Hall–Kier alpha value is -1.15. The number of phenolic OH excluding ortho intramolecular Hbond substituents is 1. The summed E-state index contributed by atoms with van der Waals surface area (Å²) in [6.07, 6.45) is 1.89. The maximum absolute atomic E-state index is 12.7. The number of amides is 1. The van der Waals surface area contributed by atoms with Gasteiger partial charge in [-0.1, -0.05) is 20.8 Å². The van der Waals surface area contributed by atoms with E-state index in [1.165, 1.54) is 5.01 Å². The summed E-state index contributed by atoms with van der Waals surface area (Å²) in [4.78, 5) is 19.5. The second-order valence-electron chi connectivity index (χ2n) is 7.55. The molecular formula is C19H23IN2O2S. The number of rotatable bonds is 2. The van der Waals surface area contributed by atoms with E-state index >= 15 is 0 Å². The SMILES string of the molecule is CC(C)(C)c1csc(C2CCN(C(=O)c3cc(O)ccc3I)CC2)n1. The normalized spacial score (nSPS) is 16.2. The summed E-state index contributed by atoms with van der Waals surface area (Å²) >= 11 is 3.89. The second kappa shape index (κ2) is 7.23. The Labute approximate surface area is 166 Å². The van der Waals surface area contributed by atoms with E-state index in [0.717, 1.165) is 35.2 Å². The van der Waals surface area contributed by atoms with Crippen LogP contribution in [-0.4, -0.2) is 34.0 Å². The Morgan fingerprint density at radius 3 is 2.60 bits per heavy atom. The summed E-state index contributed by atoms with van der Waals surface area (Å²) in [5.74, 6) is 0.581. The first kappa shape index (κ1) is 18.6. The number of carbonyl (C=O) groups is 1. The molecule has 25 heavy (non-hydrogen) atoms. The van der Waals surface area contributed by atoms with Crippen molar-refractivity contribution in [1.82, 2.24) is 9.88 Å². The van der Waals surface area contributed by atoms with Crippen LogP contribution in [0.5, 0.6) is 5.75 Å². The highest BCUT2D eigenvalue weighted by atomic mass is 127. The molecule has 1 aromatic heterocycles. The van der Waals surface area contributed by atoms with E-state index in [2.05, 4.69) is 48.7 Å². The number of halogens is 1.